The maximum atomic E-state index is 5.35. The average molecular weight is 248 g/mol. The van der Waals surface area contributed by atoms with E-state index >= 15 is 0 Å². The van der Waals surface area contributed by atoms with Gasteiger partial charge in [0.25, 0.3) is 0 Å². The molecule has 0 spiro atoms. The number of nitrogens with two attached hydrogens (primary N) is 1. The number of nitrogens with one attached hydrogen (secondary N) is 1. The van der Waals surface area contributed by atoms with E-state index in [0.717, 1.165) is 25.5 Å². The van der Waals surface area contributed by atoms with Crippen molar-refractivity contribution in [2.45, 2.75) is 25.3 Å². The Balaban J connectivity index is 1.72. The van der Waals surface area contributed by atoms with Crippen molar-refractivity contribution >= 4 is 11.8 Å². The molecule has 1 unspecified atom stereocenters. The zero-order valence-electron chi connectivity index (χ0n) is 10.5. The number of aromatic nitrogens is 2. The van der Waals surface area contributed by atoms with E-state index in [9.17, 15) is 0 Å². The molecule has 0 radical (unpaired) electrons. The summed E-state index contributed by atoms with van der Waals surface area (Å²) in [6, 6.07) is 2.65. The minimum Gasteiger partial charge on any atom is -0.354 e. The van der Waals surface area contributed by atoms with Gasteiger partial charge in [0.05, 0.1) is 0 Å². The van der Waals surface area contributed by atoms with Crippen LogP contribution in [0.2, 0.25) is 0 Å². The number of nitrogen functional groups attached to an aromatic ring is 1. The van der Waals surface area contributed by atoms with Gasteiger partial charge in [-0.15, -0.1) is 0 Å². The molecule has 1 aromatic heterocycles. The Bertz CT molecular complexity index is 409. The summed E-state index contributed by atoms with van der Waals surface area (Å²) >= 11 is 0. The smallest absolute Gasteiger partial charge is 0.239 e. The normalized spacial score (nSPS) is 24.7. The highest BCUT2D eigenvalue weighted by Gasteiger charge is 2.29. The van der Waals surface area contributed by atoms with Gasteiger partial charge >= 0.3 is 0 Å². The van der Waals surface area contributed by atoms with E-state index in [1.807, 2.05) is 6.07 Å². The summed E-state index contributed by atoms with van der Waals surface area (Å²) in [5.41, 5.74) is 2.50. The van der Waals surface area contributed by atoms with Gasteiger partial charge in [0.1, 0.15) is 5.82 Å². The Morgan fingerprint density at radius 1 is 1.28 bits per heavy atom. The summed E-state index contributed by atoms with van der Waals surface area (Å²) in [4.78, 5) is 13.4. The molecule has 0 bridgehead atoms. The molecule has 2 aliphatic heterocycles. The van der Waals surface area contributed by atoms with Gasteiger partial charge in [0.2, 0.25) is 5.95 Å². The van der Waals surface area contributed by atoms with Crippen LogP contribution in [0.3, 0.4) is 0 Å². The first kappa shape index (κ1) is 11.7. The van der Waals surface area contributed by atoms with E-state index < -0.39 is 0 Å². The lowest BCUT2D eigenvalue weighted by Gasteiger charge is -2.44. The topological polar surface area (TPSA) is 70.3 Å². The van der Waals surface area contributed by atoms with Crippen LogP contribution in [0.15, 0.2) is 12.3 Å². The van der Waals surface area contributed by atoms with E-state index in [4.69, 9.17) is 5.84 Å². The van der Waals surface area contributed by atoms with E-state index in [1.54, 1.807) is 6.20 Å². The van der Waals surface area contributed by atoms with Crippen LogP contribution in [0.4, 0.5) is 11.8 Å². The fourth-order valence-electron chi connectivity index (χ4n) is 2.96. The third-order valence-electron chi connectivity index (χ3n) is 3.93. The average Bonchev–Trinajstić information content (AvgIpc) is 2.47. The van der Waals surface area contributed by atoms with Gasteiger partial charge in [-0.05, 0) is 25.5 Å². The highest BCUT2D eigenvalue weighted by Crippen LogP contribution is 2.23. The molecule has 0 saturated carbocycles. The molecule has 2 saturated heterocycles. The lowest BCUT2D eigenvalue weighted by molar-refractivity contribution is 0.133. The van der Waals surface area contributed by atoms with Crippen molar-refractivity contribution in [3.8, 4) is 0 Å². The fraction of sp³-hybridized carbons (Fsp3) is 0.667. The van der Waals surface area contributed by atoms with Crippen molar-refractivity contribution in [2.24, 2.45) is 5.84 Å². The predicted molar refractivity (Wildman–Crippen MR) is 71.3 cm³/mol. The van der Waals surface area contributed by atoms with Crippen LogP contribution < -0.4 is 16.2 Å². The van der Waals surface area contributed by atoms with Crippen LogP contribution in [0.1, 0.15) is 19.3 Å². The van der Waals surface area contributed by atoms with Gasteiger partial charge < -0.3 is 4.90 Å². The van der Waals surface area contributed by atoms with Crippen molar-refractivity contribution < 1.29 is 0 Å². The highest BCUT2D eigenvalue weighted by molar-refractivity contribution is 5.42. The number of rotatable bonds is 2. The van der Waals surface area contributed by atoms with Crippen LogP contribution in [0.25, 0.3) is 0 Å². The standard InChI is InChI=1S/C12H20N6/c13-16-12-14-5-4-11(15-12)18-8-7-17-6-2-1-3-10(17)9-18/h4-5,10H,1-3,6-9,13H2,(H,14,15,16). The van der Waals surface area contributed by atoms with Gasteiger partial charge in [-0.3, -0.25) is 10.3 Å². The first-order valence-corrected chi connectivity index (χ1v) is 6.65. The van der Waals surface area contributed by atoms with Gasteiger partial charge in [0.15, 0.2) is 0 Å². The van der Waals surface area contributed by atoms with Crippen LogP contribution in [-0.2, 0) is 0 Å². The van der Waals surface area contributed by atoms with Crippen molar-refractivity contribution in [2.75, 3.05) is 36.5 Å². The molecule has 18 heavy (non-hydrogen) atoms. The first-order valence-electron chi connectivity index (χ1n) is 6.65. The van der Waals surface area contributed by atoms with E-state index in [2.05, 4.69) is 25.2 Å². The quantitative estimate of drug-likeness (QED) is 0.584. The molecular formula is C12H20N6. The second-order valence-corrected chi connectivity index (χ2v) is 5.01. The number of piperidine rings is 1. The molecule has 98 valence electrons. The predicted octanol–water partition coefficient (Wildman–Crippen LogP) is 0.437. The third-order valence-corrected chi connectivity index (χ3v) is 3.93. The molecule has 6 heteroatoms. The van der Waals surface area contributed by atoms with Crippen molar-refractivity contribution in [3.05, 3.63) is 12.3 Å². The lowest BCUT2D eigenvalue weighted by atomic mass is 9.99. The molecular weight excluding hydrogens is 228 g/mol. The number of piperazine rings is 1. The summed E-state index contributed by atoms with van der Waals surface area (Å²) < 4.78 is 0. The van der Waals surface area contributed by atoms with E-state index in [-0.39, 0.29) is 0 Å². The van der Waals surface area contributed by atoms with Crippen molar-refractivity contribution in [1.29, 1.82) is 0 Å². The number of fused-ring (bicyclic) bond motifs is 1. The third kappa shape index (κ3) is 2.26. The lowest BCUT2D eigenvalue weighted by Crippen LogP contribution is -2.55. The van der Waals surface area contributed by atoms with Gasteiger partial charge in [-0.25, -0.2) is 10.8 Å². The maximum Gasteiger partial charge on any atom is 0.239 e. The summed E-state index contributed by atoms with van der Waals surface area (Å²) in [5.74, 6) is 6.81. The minimum atomic E-state index is 0.485. The highest BCUT2D eigenvalue weighted by atomic mass is 15.3. The van der Waals surface area contributed by atoms with Crippen molar-refractivity contribution in [1.82, 2.24) is 14.9 Å². The van der Waals surface area contributed by atoms with Gasteiger partial charge in [-0.1, -0.05) is 6.42 Å². The Kier molecular flexibility index (Phi) is 3.29. The zero-order chi connectivity index (χ0) is 12.4. The second-order valence-electron chi connectivity index (χ2n) is 5.01. The van der Waals surface area contributed by atoms with Crippen molar-refractivity contribution in [3.63, 3.8) is 0 Å². The van der Waals surface area contributed by atoms with Crippen LogP contribution >= 0.6 is 0 Å². The molecule has 0 amide bonds. The Labute approximate surface area is 107 Å². The molecule has 0 aromatic carbocycles. The number of hydrogen-bond donors (Lipinski definition) is 2. The molecule has 1 atom stereocenters. The Morgan fingerprint density at radius 3 is 3.11 bits per heavy atom. The summed E-state index contributed by atoms with van der Waals surface area (Å²) in [5, 5.41) is 0. The SMILES string of the molecule is NNc1nccc(N2CCN3CCCCC3C2)n1. The molecule has 3 rings (SSSR count). The number of hydrogen-bond acceptors (Lipinski definition) is 6. The Morgan fingerprint density at radius 2 is 2.22 bits per heavy atom. The molecule has 3 heterocycles. The molecule has 3 N–H and O–H groups in total. The van der Waals surface area contributed by atoms with Gasteiger partial charge in [0, 0.05) is 31.9 Å². The molecule has 2 aliphatic rings. The maximum absolute atomic E-state index is 5.35. The summed E-state index contributed by atoms with van der Waals surface area (Å²) in [6.07, 6.45) is 5.77. The summed E-state index contributed by atoms with van der Waals surface area (Å²) in [6.45, 7) is 4.51. The first-order chi connectivity index (χ1) is 8.86. The van der Waals surface area contributed by atoms with E-state index in [1.165, 1.54) is 25.8 Å². The summed E-state index contributed by atoms with van der Waals surface area (Å²) in [7, 11) is 0. The fourth-order valence-corrected chi connectivity index (χ4v) is 2.96. The number of anilines is 2. The Hall–Kier alpha value is -1.40. The molecule has 0 aliphatic carbocycles. The molecule has 1 aromatic rings. The molecule has 2 fully saturated rings. The van der Waals surface area contributed by atoms with E-state index in [0.29, 0.717) is 12.0 Å². The van der Waals surface area contributed by atoms with Crippen LogP contribution in [0.5, 0.6) is 0 Å². The van der Waals surface area contributed by atoms with Gasteiger partial charge in [-0.2, -0.15) is 4.98 Å². The minimum absolute atomic E-state index is 0.485. The second kappa shape index (κ2) is 5.07. The number of hydrazine groups is 1. The number of nitrogens with zero attached hydrogens (tertiary/aromatic N) is 4. The largest absolute Gasteiger partial charge is 0.354 e. The van der Waals surface area contributed by atoms with Crippen LogP contribution in [0, 0.1) is 0 Å². The molecule has 6 nitrogen and oxygen atoms in total. The monoisotopic (exact) mass is 248 g/mol. The zero-order valence-corrected chi connectivity index (χ0v) is 10.5. The van der Waals surface area contributed by atoms with Crippen LogP contribution in [-0.4, -0.2) is 47.1 Å².